The molecule has 1 aliphatic rings. The Hall–Kier alpha value is -0.610. The normalized spacial score (nSPS) is 24.5. The van der Waals surface area contributed by atoms with E-state index >= 15 is 0 Å². The van der Waals surface area contributed by atoms with E-state index in [9.17, 15) is 4.79 Å². The van der Waals surface area contributed by atoms with Crippen LogP contribution in [-0.4, -0.2) is 37.0 Å². The molecule has 0 aromatic rings. The summed E-state index contributed by atoms with van der Waals surface area (Å²) in [5.41, 5.74) is 10.6. The van der Waals surface area contributed by atoms with Crippen molar-refractivity contribution in [1.29, 1.82) is 0 Å². The van der Waals surface area contributed by atoms with Gasteiger partial charge in [-0.2, -0.15) is 0 Å². The lowest BCUT2D eigenvalue weighted by molar-refractivity contribution is -0.119. The van der Waals surface area contributed by atoms with Gasteiger partial charge in [0.15, 0.2) is 0 Å². The molecule has 0 bridgehead atoms. The summed E-state index contributed by atoms with van der Waals surface area (Å²) in [5, 5.41) is 0. The molecule has 1 amide bonds. The summed E-state index contributed by atoms with van der Waals surface area (Å²) >= 11 is 0. The van der Waals surface area contributed by atoms with E-state index in [1.54, 1.807) is 0 Å². The van der Waals surface area contributed by atoms with Crippen LogP contribution in [0.5, 0.6) is 0 Å². The number of piperidine rings is 1. The van der Waals surface area contributed by atoms with Gasteiger partial charge in [-0.3, -0.25) is 9.69 Å². The van der Waals surface area contributed by atoms with Crippen LogP contribution in [0.25, 0.3) is 0 Å². The van der Waals surface area contributed by atoms with E-state index in [0.717, 1.165) is 32.5 Å². The van der Waals surface area contributed by atoms with E-state index in [-0.39, 0.29) is 5.91 Å². The number of amides is 1. The maximum Gasteiger partial charge on any atom is 0.231 e. The molecule has 0 saturated carbocycles. The molecule has 1 heterocycles. The molecule has 1 saturated heterocycles. The van der Waals surface area contributed by atoms with Gasteiger partial charge in [-0.25, -0.2) is 0 Å². The maximum absolute atomic E-state index is 10.7. The molecule has 4 heteroatoms. The second-order valence-corrected chi connectivity index (χ2v) is 3.79. The third kappa shape index (κ3) is 3.74. The highest BCUT2D eigenvalue weighted by Crippen LogP contribution is 2.18. The monoisotopic (exact) mass is 185 g/mol. The van der Waals surface area contributed by atoms with Gasteiger partial charge in [-0.05, 0) is 38.3 Å². The molecule has 1 rings (SSSR count). The Morgan fingerprint density at radius 3 is 2.92 bits per heavy atom. The number of carbonyl (C=O) groups is 1. The minimum atomic E-state index is -0.228. The Morgan fingerprint density at radius 2 is 2.31 bits per heavy atom. The van der Waals surface area contributed by atoms with Crippen molar-refractivity contribution in [2.75, 3.05) is 26.2 Å². The Balaban J connectivity index is 2.28. The number of hydrogen-bond donors (Lipinski definition) is 2. The summed E-state index contributed by atoms with van der Waals surface area (Å²) in [6.07, 6.45) is 3.47. The highest BCUT2D eigenvalue weighted by atomic mass is 16.1. The number of likely N-dealkylation sites (tertiary alicyclic amines) is 1. The van der Waals surface area contributed by atoms with Gasteiger partial charge in [-0.15, -0.1) is 0 Å². The fraction of sp³-hybridized carbons (Fsp3) is 0.889. The van der Waals surface area contributed by atoms with Crippen LogP contribution < -0.4 is 11.5 Å². The van der Waals surface area contributed by atoms with Crippen molar-refractivity contribution in [1.82, 2.24) is 4.90 Å². The summed E-state index contributed by atoms with van der Waals surface area (Å²) < 4.78 is 0. The van der Waals surface area contributed by atoms with Crippen LogP contribution in [0.4, 0.5) is 0 Å². The molecule has 1 atom stereocenters. The molecule has 13 heavy (non-hydrogen) atoms. The molecule has 0 aromatic heterocycles. The Labute approximate surface area is 79.3 Å². The summed E-state index contributed by atoms with van der Waals surface area (Å²) in [5.74, 6) is 0.437. The fourth-order valence-electron chi connectivity index (χ4n) is 1.99. The van der Waals surface area contributed by atoms with E-state index in [4.69, 9.17) is 11.5 Å². The van der Waals surface area contributed by atoms with Crippen LogP contribution in [0.2, 0.25) is 0 Å². The second-order valence-electron chi connectivity index (χ2n) is 3.79. The van der Waals surface area contributed by atoms with Crippen molar-refractivity contribution in [3.8, 4) is 0 Å². The maximum atomic E-state index is 10.7. The highest BCUT2D eigenvalue weighted by molar-refractivity contribution is 5.75. The predicted octanol–water partition coefficient (Wildman–Crippen LogP) is -0.467. The van der Waals surface area contributed by atoms with E-state index in [1.165, 1.54) is 6.42 Å². The first-order chi connectivity index (χ1) is 6.22. The zero-order valence-electron chi connectivity index (χ0n) is 8.04. The molecular weight excluding hydrogens is 166 g/mol. The first kappa shape index (κ1) is 10.5. The Kier molecular flexibility index (Phi) is 4.18. The highest BCUT2D eigenvalue weighted by Gasteiger charge is 2.19. The molecule has 1 unspecified atom stereocenters. The van der Waals surface area contributed by atoms with Crippen molar-refractivity contribution in [3.63, 3.8) is 0 Å². The topological polar surface area (TPSA) is 72.3 Å². The first-order valence-electron chi connectivity index (χ1n) is 4.93. The Bertz CT molecular complexity index is 170. The van der Waals surface area contributed by atoms with Gasteiger partial charge in [0.1, 0.15) is 0 Å². The molecule has 0 aromatic carbocycles. The number of nitrogens with two attached hydrogens (primary N) is 2. The van der Waals surface area contributed by atoms with Gasteiger partial charge < -0.3 is 11.5 Å². The molecule has 0 aliphatic carbocycles. The Morgan fingerprint density at radius 1 is 1.54 bits per heavy atom. The lowest BCUT2D eigenvalue weighted by atomic mass is 9.95. The smallest absolute Gasteiger partial charge is 0.231 e. The van der Waals surface area contributed by atoms with Gasteiger partial charge >= 0.3 is 0 Å². The molecule has 76 valence electrons. The first-order valence-corrected chi connectivity index (χ1v) is 4.93. The fourth-order valence-corrected chi connectivity index (χ4v) is 1.99. The third-order valence-electron chi connectivity index (χ3n) is 2.56. The van der Waals surface area contributed by atoms with E-state index in [1.807, 2.05) is 0 Å². The van der Waals surface area contributed by atoms with Crippen LogP contribution in [0.1, 0.15) is 19.3 Å². The van der Waals surface area contributed by atoms with Crippen LogP contribution >= 0.6 is 0 Å². The van der Waals surface area contributed by atoms with Gasteiger partial charge in [0, 0.05) is 6.54 Å². The molecule has 1 aliphatic heterocycles. The number of rotatable bonds is 4. The van der Waals surface area contributed by atoms with Crippen LogP contribution in [-0.2, 0) is 4.79 Å². The number of primary amides is 1. The van der Waals surface area contributed by atoms with E-state index in [0.29, 0.717) is 12.5 Å². The molecule has 1 fully saturated rings. The number of nitrogens with zero attached hydrogens (tertiary/aromatic N) is 1. The SMILES string of the molecule is NCCC1CCCN(CC(N)=O)C1. The van der Waals surface area contributed by atoms with E-state index < -0.39 is 0 Å². The minimum Gasteiger partial charge on any atom is -0.369 e. The van der Waals surface area contributed by atoms with Crippen molar-refractivity contribution in [3.05, 3.63) is 0 Å². The molecule has 4 nitrogen and oxygen atoms in total. The van der Waals surface area contributed by atoms with Gasteiger partial charge in [0.05, 0.1) is 6.54 Å². The van der Waals surface area contributed by atoms with E-state index in [2.05, 4.69) is 4.90 Å². The zero-order valence-corrected chi connectivity index (χ0v) is 8.04. The van der Waals surface area contributed by atoms with Crippen molar-refractivity contribution >= 4 is 5.91 Å². The average molecular weight is 185 g/mol. The standard InChI is InChI=1S/C9H19N3O/c10-4-3-8-2-1-5-12(6-8)7-9(11)13/h8H,1-7,10H2,(H2,11,13). The number of hydrogen-bond acceptors (Lipinski definition) is 3. The lowest BCUT2D eigenvalue weighted by Gasteiger charge is -2.31. The summed E-state index contributed by atoms with van der Waals surface area (Å²) in [7, 11) is 0. The molecular formula is C9H19N3O. The summed E-state index contributed by atoms with van der Waals surface area (Å²) in [6.45, 7) is 3.14. The lowest BCUT2D eigenvalue weighted by Crippen LogP contribution is -2.41. The molecule has 0 spiro atoms. The van der Waals surface area contributed by atoms with Crippen molar-refractivity contribution in [2.45, 2.75) is 19.3 Å². The summed E-state index contributed by atoms with van der Waals surface area (Å²) in [4.78, 5) is 12.8. The van der Waals surface area contributed by atoms with Crippen LogP contribution in [0.15, 0.2) is 0 Å². The second kappa shape index (κ2) is 5.19. The largest absolute Gasteiger partial charge is 0.369 e. The average Bonchev–Trinajstić information content (AvgIpc) is 2.04. The molecule has 4 N–H and O–H groups in total. The van der Waals surface area contributed by atoms with Gasteiger partial charge in [0.25, 0.3) is 0 Å². The van der Waals surface area contributed by atoms with Crippen LogP contribution in [0.3, 0.4) is 0 Å². The molecule has 0 radical (unpaired) electrons. The zero-order chi connectivity index (χ0) is 9.68. The minimum absolute atomic E-state index is 0.228. The van der Waals surface area contributed by atoms with Gasteiger partial charge in [-0.1, -0.05) is 0 Å². The van der Waals surface area contributed by atoms with Crippen LogP contribution in [0, 0.1) is 5.92 Å². The van der Waals surface area contributed by atoms with Gasteiger partial charge in [0.2, 0.25) is 5.91 Å². The third-order valence-corrected chi connectivity index (χ3v) is 2.56. The van der Waals surface area contributed by atoms with Crippen molar-refractivity contribution < 1.29 is 4.79 Å². The summed E-state index contributed by atoms with van der Waals surface area (Å²) in [6, 6.07) is 0. The van der Waals surface area contributed by atoms with Crippen molar-refractivity contribution in [2.24, 2.45) is 17.4 Å². The predicted molar refractivity (Wildman–Crippen MR) is 52.0 cm³/mol. The number of carbonyl (C=O) groups excluding carboxylic acids is 1. The quantitative estimate of drug-likeness (QED) is 0.622.